The Morgan fingerprint density at radius 3 is 2.71 bits per heavy atom. The molecule has 0 unspecified atom stereocenters. The number of nitrogens with one attached hydrogen (secondary N) is 2. The largest absolute Gasteiger partial charge is 0.491 e. The van der Waals surface area contributed by atoms with Gasteiger partial charge in [-0.1, -0.05) is 24.3 Å². The van der Waals surface area contributed by atoms with E-state index in [1.165, 1.54) is 0 Å². The van der Waals surface area contributed by atoms with Crippen LogP contribution in [0.25, 0.3) is 22.8 Å². The van der Waals surface area contributed by atoms with Crippen molar-refractivity contribution in [1.82, 2.24) is 14.8 Å². The predicted octanol–water partition coefficient (Wildman–Crippen LogP) is 2.93. The molecule has 2 aliphatic rings. The molecule has 5 rings (SSSR count). The second-order valence-electron chi connectivity index (χ2n) is 8.78. The summed E-state index contributed by atoms with van der Waals surface area (Å²) >= 11 is 0. The number of piperazine rings is 1. The van der Waals surface area contributed by atoms with Crippen molar-refractivity contribution in [3.63, 3.8) is 0 Å². The lowest BCUT2D eigenvalue weighted by molar-refractivity contribution is -0.110. The van der Waals surface area contributed by atoms with Crippen LogP contribution in [0, 0.1) is 0 Å². The van der Waals surface area contributed by atoms with Crippen LogP contribution in [-0.2, 0) is 4.79 Å². The van der Waals surface area contributed by atoms with Crippen molar-refractivity contribution in [1.29, 1.82) is 0 Å². The SMILES string of the molecule is CN1CCN(C(=O)c2c[nH]c(C=C3C(=O)Nc4cccc(-c5cccc(OCCO)c5)c43)c2)CC1. The van der Waals surface area contributed by atoms with Crippen molar-refractivity contribution in [3.05, 3.63) is 71.5 Å². The van der Waals surface area contributed by atoms with Gasteiger partial charge in [0.1, 0.15) is 12.4 Å². The zero-order valence-electron chi connectivity index (χ0n) is 19.6. The number of aliphatic hydroxyl groups is 1. The summed E-state index contributed by atoms with van der Waals surface area (Å²) in [5.41, 5.74) is 5.13. The van der Waals surface area contributed by atoms with E-state index in [2.05, 4.69) is 22.2 Å². The second kappa shape index (κ2) is 9.77. The first-order valence-corrected chi connectivity index (χ1v) is 11.7. The molecular formula is C27H28N4O4. The average molecular weight is 473 g/mol. The Morgan fingerprint density at radius 2 is 1.91 bits per heavy atom. The maximum atomic E-state index is 12.9. The van der Waals surface area contributed by atoms with Crippen molar-refractivity contribution in [2.24, 2.45) is 0 Å². The monoisotopic (exact) mass is 472 g/mol. The molecule has 0 saturated carbocycles. The van der Waals surface area contributed by atoms with Gasteiger partial charge in [0, 0.05) is 49.3 Å². The van der Waals surface area contributed by atoms with Crippen LogP contribution in [0.15, 0.2) is 54.7 Å². The van der Waals surface area contributed by atoms with Crippen LogP contribution in [-0.4, -0.2) is 78.1 Å². The molecule has 2 aliphatic heterocycles. The van der Waals surface area contributed by atoms with Crippen LogP contribution in [0.5, 0.6) is 5.75 Å². The Balaban J connectivity index is 1.45. The van der Waals surface area contributed by atoms with Gasteiger partial charge in [-0.3, -0.25) is 9.59 Å². The molecule has 2 amide bonds. The first-order valence-electron chi connectivity index (χ1n) is 11.7. The highest BCUT2D eigenvalue weighted by molar-refractivity contribution is 6.36. The summed E-state index contributed by atoms with van der Waals surface area (Å²) in [6, 6.07) is 15.1. The summed E-state index contributed by atoms with van der Waals surface area (Å²) < 4.78 is 5.57. The molecule has 0 radical (unpaired) electrons. The molecule has 1 fully saturated rings. The van der Waals surface area contributed by atoms with Crippen LogP contribution in [0.3, 0.4) is 0 Å². The molecule has 0 bridgehead atoms. The van der Waals surface area contributed by atoms with E-state index < -0.39 is 0 Å². The fraction of sp³-hybridized carbons (Fsp3) is 0.259. The Bertz CT molecular complexity index is 1290. The molecular weight excluding hydrogens is 444 g/mol. The number of nitrogens with zero attached hydrogens (tertiary/aromatic N) is 2. The highest BCUT2D eigenvalue weighted by Crippen LogP contribution is 2.41. The van der Waals surface area contributed by atoms with Crippen LogP contribution in [0.4, 0.5) is 5.69 Å². The molecule has 3 heterocycles. The van der Waals surface area contributed by atoms with E-state index in [1.54, 1.807) is 18.3 Å². The van der Waals surface area contributed by atoms with E-state index in [1.807, 2.05) is 47.4 Å². The lowest BCUT2D eigenvalue weighted by atomic mass is 9.94. The number of aromatic nitrogens is 1. The van der Waals surface area contributed by atoms with Crippen molar-refractivity contribution >= 4 is 29.2 Å². The van der Waals surface area contributed by atoms with E-state index >= 15 is 0 Å². The molecule has 2 aromatic carbocycles. The summed E-state index contributed by atoms with van der Waals surface area (Å²) in [6.45, 7) is 3.28. The molecule has 3 N–H and O–H groups in total. The number of hydrogen-bond donors (Lipinski definition) is 3. The van der Waals surface area contributed by atoms with Gasteiger partial charge in [-0.15, -0.1) is 0 Å². The number of carbonyl (C=O) groups excluding carboxylic acids is 2. The van der Waals surface area contributed by atoms with Gasteiger partial charge in [-0.05, 0) is 48.5 Å². The summed E-state index contributed by atoms with van der Waals surface area (Å²) in [7, 11) is 2.06. The Kier molecular flexibility index (Phi) is 6.39. The van der Waals surface area contributed by atoms with Crippen LogP contribution in [0.1, 0.15) is 21.6 Å². The lowest BCUT2D eigenvalue weighted by Gasteiger charge is -2.32. The molecule has 180 valence electrons. The molecule has 8 nitrogen and oxygen atoms in total. The Hall–Kier alpha value is -3.88. The number of benzene rings is 2. The number of aliphatic hydroxyl groups excluding tert-OH is 1. The van der Waals surface area contributed by atoms with Gasteiger partial charge in [0.05, 0.1) is 17.7 Å². The number of fused-ring (bicyclic) bond motifs is 1. The normalized spacial score (nSPS) is 16.9. The summed E-state index contributed by atoms with van der Waals surface area (Å²) in [4.78, 5) is 33.1. The van der Waals surface area contributed by atoms with Crippen LogP contribution >= 0.6 is 0 Å². The maximum absolute atomic E-state index is 12.9. The summed E-state index contributed by atoms with van der Waals surface area (Å²) in [6.07, 6.45) is 3.49. The van der Waals surface area contributed by atoms with Gasteiger partial charge in [0.2, 0.25) is 0 Å². The average Bonchev–Trinajstić information content (AvgIpc) is 3.47. The number of rotatable bonds is 6. The molecule has 3 aromatic rings. The Labute approximate surface area is 203 Å². The van der Waals surface area contributed by atoms with Gasteiger partial charge >= 0.3 is 0 Å². The van der Waals surface area contributed by atoms with Crippen molar-refractivity contribution in [2.75, 3.05) is 51.8 Å². The zero-order chi connectivity index (χ0) is 24.4. The number of carbonyl (C=O) groups is 2. The van der Waals surface area contributed by atoms with Crippen molar-refractivity contribution in [3.8, 4) is 16.9 Å². The van der Waals surface area contributed by atoms with E-state index in [9.17, 15) is 9.59 Å². The smallest absolute Gasteiger partial charge is 0.256 e. The van der Waals surface area contributed by atoms with E-state index in [4.69, 9.17) is 9.84 Å². The third-order valence-corrected chi connectivity index (χ3v) is 6.37. The van der Waals surface area contributed by atoms with Gasteiger partial charge in [0.25, 0.3) is 11.8 Å². The quantitative estimate of drug-likeness (QED) is 0.480. The van der Waals surface area contributed by atoms with Crippen LogP contribution < -0.4 is 10.1 Å². The maximum Gasteiger partial charge on any atom is 0.256 e. The van der Waals surface area contributed by atoms with Gasteiger partial charge in [0.15, 0.2) is 0 Å². The van der Waals surface area contributed by atoms with E-state index in [0.717, 1.165) is 35.5 Å². The zero-order valence-corrected chi connectivity index (χ0v) is 19.6. The first kappa shape index (κ1) is 22.9. The minimum absolute atomic E-state index is 0.00402. The molecule has 8 heteroatoms. The number of likely N-dealkylation sites (N-methyl/N-ethyl adjacent to an activating group) is 1. The van der Waals surface area contributed by atoms with Gasteiger partial charge in [-0.25, -0.2) is 0 Å². The fourth-order valence-electron chi connectivity index (χ4n) is 4.51. The molecule has 0 aliphatic carbocycles. The summed E-state index contributed by atoms with van der Waals surface area (Å²) in [5.74, 6) is 0.450. The predicted molar refractivity (Wildman–Crippen MR) is 135 cm³/mol. The highest BCUT2D eigenvalue weighted by Gasteiger charge is 2.28. The van der Waals surface area contributed by atoms with E-state index in [0.29, 0.717) is 35.7 Å². The topological polar surface area (TPSA) is 97.9 Å². The minimum atomic E-state index is -0.193. The van der Waals surface area contributed by atoms with E-state index in [-0.39, 0.29) is 25.0 Å². The van der Waals surface area contributed by atoms with Crippen molar-refractivity contribution < 1.29 is 19.4 Å². The van der Waals surface area contributed by atoms with Crippen LogP contribution in [0.2, 0.25) is 0 Å². The minimum Gasteiger partial charge on any atom is -0.491 e. The number of anilines is 1. The number of H-pyrrole nitrogens is 1. The Morgan fingerprint density at radius 1 is 1.11 bits per heavy atom. The molecule has 0 spiro atoms. The summed E-state index contributed by atoms with van der Waals surface area (Å²) in [5, 5.41) is 12.0. The number of amides is 2. The first-order chi connectivity index (χ1) is 17.0. The molecule has 0 atom stereocenters. The third kappa shape index (κ3) is 4.71. The number of aromatic amines is 1. The highest BCUT2D eigenvalue weighted by atomic mass is 16.5. The number of hydrogen-bond acceptors (Lipinski definition) is 5. The number of ether oxygens (including phenoxy) is 1. The lowest BCUT2D eigenvalue weighted by Crippen LogP contribution is -2.47. The second-order valence-corrected chi connectivity index (χ2v) is 8.78. The molecule has 1 saturated heterocycles. The third-order valence-electron chi connectivity index (χ3n) is 6.37. The van der Waals surface area contributed by atoms with Gasteiger partial charge in [-0.2, -0.15) is 0 Å². The molecule has 35 heavy (non-hydrogen) atoms. The van der Waals surface area contributed by atoms with Gasteiger partial charge < -0.3 is 29.9 Å². The fourth-order valence-corrected chi connectivity index (χ4v) is 4.51. The standard InChI is InChI=1S/C27H28N4O4/c1-30-8-10-31(11-9-30)27(34)19-14-20(28-17-19)16-23-25-22(6-3-7-24(25)29-26(23)33)18-4-2-5-21(15-18)35-13-12-32/h2-7,14-17,28,32H,8-13H2,1H3,(H,29,33). The molecule has 1 aromatic heterocycles. The van der Waals surface area contributed by atoms with Crippen molar-refractivity contribution in [2.45, 2.75) is 0 Å².